The topological polar surface area (TPSA) is 55.5 Å². The van der Waals surface area contributed by atoms with E-state index in [1.165, 1.54) is 12.8 Å². The molecule has 0 aliphatic heterocycles. The molecule has 0 aliphatic rings. The summed E-state index contributed by atoms with van der Waals surface area (Å²) in [5.74, 6) is 0.614. The van der Waals surface area contributed by atoms with Gasteiger partial charge in [-0.3, -0.25) is 0 Å². The molecule has 86 valence electrons. The van der Waals surface area contributed by atoms with E-state index < -0.39 is 5.60 Å². The highest BCUT2D eigenvalue weighted by Gasteiger charge is 2.17. The Morgan fingerprint density at radius 1 is 1.50 bits per heavy atom. The molecule has 0 aromatic rings. The van der Waals surface area contributed by atoms with Crippen molar-refractivity contribution < 1.29 is 9.84 Å². The maximum absolute atomic E-state index is 9.59. The minimum absolute atomic E-state index is 0.293. The summed E-state index contributed by atoms with van der Waals surface area (Å²) in [6.45, 7) is 7.78. The van der Waals surface area contributed by atoms with Gasteiger partial charge in [-0.1, -0.05) is 20.3 Å². The highest BCUT2D eigenvalue weighted by atomic mass is 16.5. The smallest absolute Gasteiger partial charge is 0.0763 e. The van der Waals surface area contributed by atoms with Crippen LogP contribution in [0, 0.1) is 5.92 Å². The van der Waals surface area contributed by atoms with Gasteiger partial charge >= 0.3 is 0 Å². The first-order chi connectivity index (χ1) is 6.52. The SMILES string of the molecule is CCCC(C)COCCC(C)(O)CN. The fraction of sp³-hybridized carbons (Fsp3) is 1.00. The predicted octanol–water partition coefficient (Wildman–Crippen LogP) is 1.54. The molecule has 0 radical (unpaired) electrons. The number of rotatable bonds is 8. The zero-order chi connectivity index (χ0) is 11.0. The molecule has 14 heavy (non-hydrogen) atoms. The second-order valence-electron chi connectivity index (χ2n) is 4.42. The lowest BCUT2D eigenvalue weighted by Crippen LogP contribution is -2.35. The van der Waals surface area contributed by atoms with Crippen molar-refractivity contribution >= 4 is 0 Å². The number of hydrogen-bond donors (Lipinski definition) is 2. The maximum atomic E-state index is 9.59. The van der Waals surface area contributed by atoms with Crippen LogP contribution in [0.1, 0.15) is 40.0 Å². The highest BCUT2D eigenvalue weighted by Crippen LogP contribution is 2.09. The van der Waals surface area contributed by atoms with Crippen LogP contribution in [-0.2, 0) is 4.74 Å². The Balaban J connectivity index is 3.37. The van der Waals surface area contributed by atoms with Crippen molar-refractivity contribution in [2.24, 2.45) is 11.7 Å². The molecule has 2 atom stereocenters. The van der Waals surface area contributed by atoms with E-state index in [1.807, 2.05) is 0 Å². The van der Waals surface area contributed by atoms with Crippen molar-refractivity contribution in [1.29, 1.82) is 0 Å². The van der Waals surface area contributed by atoms with Crippen molar-refractivity contribution in [2.45, 2.75) is 45.6 Å². The number of aliphatic hydroxyl groups is 1. The average Bonchev–Trinajstić information content (AvgIpc) is 2.13. The van der Waals surface area contributed by atoms with Crippen LogP contribution in [0.25, 0.3) is 0 Å². The molecule has 0 amide bonds. The van der Waals surface area contributed by atoms with Crippen molar-refractivity contribution in [3.63, 3.8) is 0 Å². The van der Waals surface area contributed by atoms with Gasteiger partial charge in [0.05, 0.1) is 5.60 Å². The summed E-state index contributed by atoms with van der Waals surface area (Å²) < 4.78 is 5.47. The third-order valence-corrected chi connectivity index (χ3v) is 2.41. The second kappa shape index (κ2) is 7.21. The van der Waals surface area contributed by atoms with E-state index in [1.54, 1.807) is 6.92 Å². The van der Waals surface area contributed by atoms with Crippen LogP contribution >= 0.6 is 0 Å². The molecule has 0 spiro atoms. The first-order valence-electron chi connectivity index (χ1n) is 5.52. The molecule has 2 unspecified atom stereocenters. The highest BCUT2D eigenvalue weighted by molar-refractivity contribution is 4.72. The van der Waals surface area contributed by atoms with E-state index in [4.69, 9.17) is 10.5 Å². The monoisotopic (exact) mass is 203 g/mol. The van der Waals surface area contributed by atoms with E-state index in [2.05, 4.69) is 13.8 Å². The maximum Gasteiger partial charge on any atom is 0.0763 e. The fourth-order valence-corrected chi connectivity index (χ4v) is 1.25. The molecule has 0 heterocycles. The van der Waals surface area contributed by atoms with Crippen molar-refractivity contribution in [3.05, 3.63) is 0 Å². The van der Waals surface area contributed by atoms with Crippen LogP contribution in [0.5, 0.6) is 0 Å². The van der Waals surface area contributed by atoms with E-state index in [9.17, 15) is 5.11 Å². The molecule has 0 rings (SSSR count). The average molecular weight is 203 g/mol. The molecule has 3 heteroatoms. The Hall–Kier alpha value is -0.120. The van der Waals surface area contributed by atoms with Gasteiger partial charge in [0.15, 0.2) is 0 Å². The summed E-state index contributed by atoms with van der Waals surface area (Å²) in [6.07, 6.45) is 3.01. The van der Waals surface area contributed by atoms with E-state index in [0.717, 1.165) is 6.61 Å². The summed E-state index contributed by atoms with van der Waals surface area (Å²) in [4.78, 5) is 0. The summed E-state index contributed by atoms with van der Waals surface area (Å²) >= 11 is 0. The lowest BCUT2D eigenvalue weighted by molar-refractivity contribution is 0.0137. The van der Waals surface area contributed by atoms with Gasteiger partial charge in [0.1, 0.15) is 0 Å². The molecule has 0 aromatic carbocycles. The van der Waals surface area contributed by atoms with Crippen molar-refractivity contribution in [2.75, 3.05) is 19.8 Å². The Bertz CT molecular complexity index is 137. The molecule has 0 fully saturated rings. The zero-order valence-corrected chi connectivity index (χ0v) is 9.75. The van der Waals surface area contributed by atoms with Crippen molar-refractivity contribution in [1.82, 2.24) is 0 Å². The molecule has 0 saturated heterocycles. The molecular formula is C11H25NO2. The molecule has 0 aliphatic carbocycles. The molecule has 3 N–H and O–H groups in total. The normalized spacial score (nSPS) is 17.8. The molecule has 3 nitrogen and oxygen atoms in total. The quantitative estimate of drug-likeness (QED) is 0.588. The number of hydrogen-bond acceptors (Lipinski definition) is 3. The first-order valence-corrected chi connectivity index (χ1v) is 5.52. The van der Waals surface area contributed by atoms with E-state index >= 15 is 0 Å². The van der Waals surface area contributed by atoms with E-state index in [-0.39, 0.29) is 0 Å². The second-order valence-corrected chi connectivity index (χ2v) is 4.42. The Kier molecular flexibility index (Phi) is 7.15. The molecular weight excluding hydrogens is 178 g/mol. The molecule has 0 bridgehead atoms. The summed E-state index contributed by atoms with van der Waals surface area (Å²) in [6, 6.07) is 0. The third kappa shape index (κ3) is 7.30. The van der Waals surface area contributed by atoms with Crippen LogP contribution in [0.15, 0.2) is 0 Å². The van der Waals surface area contributed by atoms with Gasteiger partial charge in [-0.25, -0.2) is 0 Å². The Labute approximate surface area is 87.6 Å². The minimum Gasteiger partial charge on any atom is -0.389 e. The van der Waals surface area contributed by atoms with Crippen molar-refractivity contribution in [3.8, 4) is 0 Å². The molecule has 0 aromatic heterocycles. The number of ether oxygens (including phenoxy) is 1. The zero-order valence-electron chi connectivity index (χ0n) is 9.75. The summed E-state index contributed by atoms with van der Waals surface area (Å²) in [5, 5.41) is 9.59. The first kappa shape index (κ1) is 13.9. The fourth-order valence-electron chi connectivity index (χ4n) is 1.25. The van der Waals surface area contributed by atoms with Crippen LogP contribution in [-0.4, -0.2) is 30.5 Å². The van der Waals surface area contributed by atoms with Crippen LogP contribution in [0.2, 0.25) is 0 Å². The van der Waals surface area contributed by atoms with Gasteiger partial charge in [-0.05, 0) is 19.3 Å². The minimum atomic E-state index is -0.770. The third-order valence-electron chi connectivity index (χ3n) is 2.41. The largest absolute Gasteiger partial charge is 0.389 e. The Morgan fingerprint density at radius 2 is 2.14 bits per heavy atom. The lowest BCUT2D eigenvalue weighted by atomic mass is 10.0. The number of nitrogens with two attached hydrogens (primary N) is 1. The van der Waals surface area contributed by atoms with Gasteiger partial charge in [-0.15, -0.1) is 0 Å². The Morgan fingerprint density at radius 3 is 2.64 bits per heavy atom. The van der Waals surface area contributed by atoms with Gasteiger partial charge in [-0.2, -0.15) is 0 Å². The van der Waals surface area contributed by atoms with Crippen LogP contribution in [0.3, 0.4) is 0 Å². The van der Waals surface area contributed by atoms with Gasteiger partial charge < -0.3 is 15.6 Å². The van der Waals surface area contributed by atoms with Gasteiger partial charge in [0.2, 0.25) is 0 Å². The van der Waals surface area contributed by atoms with E-state index in [0.29, 0.717) is 25.5 Å². The van der Waals surface area contributed by atoms with Crippen LogP contribution < -0.4 is 5.73 Å². The molecule has 0 saturated carbocycles. The van der Waals surface area contributed by atoms with Crippen LogP contribution in [0.4, 0.5) is 0 Å². The summed E-state index contributed by atoms with van der Waals surface area (Å²) in [7, 11) is 0. The van der Waals surface area contributed by atoms with Gasteiger partial charge in [0.25, 0.3) is 0 Å². The van der Waals surface area contributed by atoms with Gasteiger partial charge in [0, 0.05) is 26.2 Å². The predicted molar refractivity (Wildman–Crippen MR) is 59.2 cm³/mol. The standard InChI is InChI=1S/C11H25NO2/c1-4-5-10(2)8-14-7-6-11(3,13)9-12/h10,13H,4-9,12H2,1-3H3. The lowest BCUT2D eigenvalue weighted by Gasteiger charge is -2.21. The summed E-state index contributed by atoms with van der Waals surface area (Å²) in [5.41, 5.74) is 4.62.